The molecular formula is C25H26N4OS. The molecule has 1 atom stereocenters. The fraction of sp³-hybridized carbons (Fsp3) is 0.200. The summed E-state index contributed by atoms with van der Waals surface area (Å²) in [7, 11) is 1.76. The van der Waals surface area contributed by atoms with E-state index >= 15 is 0 Å². The minimum atomic E-state index is 0.0573. The van der Waals surface area contributed by atoms with E-state index in [0.717, 1.165) is 17.2 Å². The molecule has 31 heavy (non-hydrogen) atoms. The van der Waals surface area contributed by atoms with Crippen molar-refractivity contribution in [2.75, 3.05) is 18.9 Å². The van der Waals surface area contributed by atoms with Gasteiger partial charge in [0.15, 0.2) is 5.96 Å². The molecule has 0 spiro atoms. The van der Waals surface area contributed by atoms with Crippen LogP contribution in [0.15, 0.2) is 93.6 Å². The smallest absolute Gasteiger partial charge is 0.225 e. The van der Waals surface area contributed by atoms with Gasteiger partial charge in [-0.1, -0.05) is 60.3 Å². The van der Waals surface area contributed by atoms with Gasteiger partial charge in [-0.3, -0.25) is 9.79 Å². The number of nitrogens with zero attached hydrogens (tertiary/aromatic N) is 1. The van der Waals surface area contributed by atoms with E-state index in [-0.39, 0.29) is 11.8 Å². The number of nitrogens with one attached hydrogen (secondary N) is 3. The second kappa shape index (κ2) is 10.2. The van der Waals surface area contributed by atoms with Gasteiger partial charge in [0.2, 0.25) is 5.91 Å². The Morgan fingerprint density at radius 1 is 0.968 bits per heavy atom. The van der Waals surface area contributed by atoms with Crippen LogP contribution >= 0.6 is 11.8 Å². The topological polar surface area (TPSA) is 65.5 Å². The first-order valence-electron chi connectivity index (χ1n) is 10.4. The fourth-order valence-electron chi connectivity index (χ4n) is 3.61. The van der Waals surface area contributed by atoms with Crippen molar-refractivity contribution in [2.45, 2.75) is 28.7 Å². The summed E-state index contributed by atoms with van der Waals surface area (Å²) in [6, 6.07) is 26.9. The maximum absolute atomic E-state index is 12.0. The number of para-hydroxylation sites is 1. The largest absolute Gasteiger partial charge is 0.356 e. The van der Waals surface area contributed by atoms with Gasteiger partial charge in [0.1, 0.15) is 0 Å². The Hall–Kier alpha value is -3.25. The Kier molecular flexibility index (Phi) is 6.89. The SMILES string of the molecule is CN=C(NCc1ccc(Sc2ccccc2)cc1)NCC1CC(=O)Nc2ccccc21. The molecule has 3 aromatic carbocycles. The van der Waals surface area contributed by atoms with Gasteiger partial charge in [-0.05, 0) is 41.5 Å². The summed E-state index contributed by atoms with van der Waals surface area (Å²) in [5.74, 6) is 0.908. The highest BCUT2D eigenvalue weighted by atomic mass is 32.2. The van der Waals surface area contributed by atoms with Gasteiger partial charge < -0.3 is 16.0 Å². The van der Waals surface area contributed by atoms with Crippen molar-refractivity contribution < 1.29 is 4.79 Å². The second-order valence-electron chi connectivity index (χ2n) is 7.40. The molecule has 3 aromatic rings. The molecule has 5 nitrogen and oxygen atoms in total. The quantitative estimate of drug-likeness (QED) is 0.394. The van der Waals surface area contributed by atoms with E-state index < -0.39 is 0 Å². The molecular weight excluding hydrogens is 404 g/mol. The van der Waals surface area contributed by atoms with E-state index in [1.807, 2.05) is 24.3 Å². The third kappa shape index (κ3) is 5.67. The van der Waals surface area contributed by atoms with E-state index in [2.05, 4.69) is 75.5 Å². The van der Waals surface area contributed by atoms with Crippen molar-refractivity contribution >= 4 is 29.3 Å². The van der Waals surface area contributed by atoms with Crippen LogP contribution in [0.3, 0.4) is 0 Å². The van der Waals surface area contributed by atoms with Gasteiger partial charge in [0.05, 0.1) is 0 Å². The first kappa shape index (κ1) is 21.0. The number of carbonyl (C=O) groups excluding carboxylic acids is 1. The summed E-state index contributed by atoms with van der Waals surface area (Å²) >= 11 is 1.75. The average molecular weight is 431 g/mol. The van der Waals surface area contributed by atoms with Crippen LogP contribution in [0, 0.1) is 0 Å². The summed E-state index contributed by atoms with van der Waals surface area (Å²) in [5.41, 5.74) is 3.25. The predicted octanol–water partition coefficient (Wildman–Crippen LogP) is 4.63. The first-order valence-corrected chi connectivity index (χ1v) is 11.2. The summed E-state index contributed by atoms with van der Waals surface area (Å²) in [5, 5.41) is 9.67. The van der Waals surface area contributed by atoms with Gasteiger partial charge >= 0.3 is 0 Å². The van der Waals surface area contributed by atoms with Gasteiger partial charge in [-0.2, -0.15) is 0 Å². The number of anilines is 1. The third-order valence-corrected chi connectivity index (χ3v) is 6.22. The van der Waals surface area contributed by atoms with Crippen LogP contribution in [0.2, 0.25) is 0 Å². The number of hydrogen-bond donors (Lipinski definition) is 3. The number of fused-ring (bicyclic) bond motifs is 1. The third-order valence-electron chi connectivity index (χ3n) is 5.21. The van der Waals surface area contributed by atoms with Crippen molar-refractivity contribution in [3.63, 3.8) is 0 Å². The molecule has 1 amide bonds. The summed E-state index contributed by atoms with van der Waals surface area (Å²) in [4.78, 5) is 18.8. The summed E-state index contributed by atoms with van der Waals surface area (Å²) < 4.78 is 0. The summed E-state index contributed by atoms with van der Waals surface area (Å²) in [6.07, 6.45) is 0.474. The minimum Gasteiger partial charge on any atom is -0.356 e. The monoisotopic (exact) mass is 430 g/mol. The zero-order valence-electron chi connectivity index (χ0n) is 17.5. The molecule has 0 saturated heterocycles. The number of aliphatic imine (C=N–C) groups is 1. The fourth-order valence-corrected chi connectivity index (χ4v) is 4.45. The van der Waals surface area contributed by atoms with Crippen LogP contribution in [0.4, 0.5) is 5.69 Å². The zero-order valence-corrected chi connectivity index (χ0v) is 18.3. The van der Waals surface area contributed by atoms with E-state index in [9.17, 15) is 4.79 Å². The Labute approximate surface area is 187 Å². The molecule has 0 radical (unpaired) electrons. The molecule has 0 fully saturated rings. The maximum Gasteiger partial charge on any atom is 0.225 e. The average Bonchev–Trinajstić information content (AvgIpc) is 2.80. The molecule has 6 heteroatoms. The van der Waals surface area contributed by atoms with Crippen LogP contribution in [0.25, 0.3) is 0 Å². The van der Waals surface area contributed by atoms with E-state index in [0.29, 0.717) is 19.5 Å². The molecule has 0 bridgehead atoms. The number of rotatable bonds is 6. The molecule has 1 heterocycles. The van der Waals surface area contributed by atoms with Gasteiger partial charge in [0.25, 0.3) is 0 Å². The van der Waals surface area contributed by atoms with Crippen molar-refractivity contribution in [1.82, 2.24) is 10.6 Å². The van der Waals surface area contributed by atoms with Crippen molar-refractivity contribution in [2.24, 2.45) is 4.99 Å². The number of amides is 1. The molecule has 0 aromatic heterocycles. The highest BCUT2D eigenvalue weighted by molar-refractivity contribution is 7.99. The lowest BCUT2D eigenvalue weighted by atomic mass is 9.90. The van der Waals surface area contributed by atoms with Crippen LogP contribution in [0.5, 0.6) is 0 Å². The normalized spacial score (nSPS) is 15.7. The lowest BCUT2D eigenvalue weighted by molar-refractivity contribution is -0.116. The predicted molar refractivity (Wildman–Crippen MR) is 128 cm³/mol. The Morgan fingerprint density at radius 3 is 2.45 bits per heavy atom. The Morgan fingerprint density at radius 2 is 1.68 bits per heavy atom. The van der Waals surface area contributed by atoms with Crippen LogP contribution < -0.4 is 16.0 Å². The van der Waals surface area contributed by atoms with Crippen LogP contribution in [0.1, 0.15) is 23.5 Å². The molecule has 4 rings (SSSR count). The van der Waals surface area contributed by atoms with Crippen molar-refractivity contribution in [1.29, 1.82) is 0 Å². The van der Waals surface area contributed by atoms with Crippen LogP contribution in [-0.2, 0) is 11.3 Å². The minimum absolute atomic E-state index is 0.0573. The van der Waals surface area contributed by atoms with Crippen molar-refractivity contribution in [3.8, 4) is 0 Å². The molecule has 1 aliphatic rings. The lowest BCUT2D eigenvalue weighted by Gasteiger charge is -2.26. The van der Waals surface area contributed by atoms with Crippen molar-refractivity contribution in [3.05, 3.63) is 90.0 Å². The standard InChI is InChI=1S/C25H26N4OS/c1-26-25(28-17-19-15-24(30)29-23-10-6-5-9-22(19)23)27-16-18-11-13-21(14-12-18)31-20-7-3-2-4-8-20/h2-14,19H,15-17H2,1H3,(H,29,30)(H2,26,27,28). The number of benzene rings is 3. The molecule has 3 N–H and O–H groups in total. The zero-order chi connectivity index (χ0) is 21.5. The Bertz CT molecular complexity index is 1050. The highest BCUT2D eigenvalue weighted by Crippen LogP contribution is 2.31. The number of hydrogen-bond acceptors (Lipinski definition) is 3. The number of guanidine groups is 1. The molecule has 1 aliphatic heterocycles. The second-order valence-corrected chi connectivity index (χ2v) is 8.55. The van der Waals surface area contributed by atoms with Gasteiger partial charge in [-0.25, -0.2) is 0 Å². The van der Waals surface area contributed by atoms with Gasteiger partial charge in [0, 0.05) is 48.0 Å². The molecule has 0 aliphatic carbocycles. The maximum atomic E-state index is 12.0. The molecule has 1 unspecified atom stereocenters. The van der Waals surface area contributed by atoms with E-state index in [1.54, 1.807) is 18.8 Å². The number of carbonyl (C=O) groups is 1. The lowest BCUT2D eigenvalue weighted by Crippen LogP contribution is -2.40. The molecule has 0 saturated carbocycles. The molecule has 158 valence electrons. The van der Waals surface area contributed by atoms with E-state index in [4.69, 9.17) is 0 Å². The van der Waals surface area contributed by atoms with E-state index in [1.165, 1.54) is 15.4 Å². The van der Waals surface area contributed by atoms with Crippen LogP contribution in [-0.4, -0.2) is 25.5 Å². The van der Waals surface area contributed by atoms with Gasteiger partial charge in [-0.15, -0.1) is 0 Å². The Balaban J connectivity index is 1.30. The summed E-state index contributed by atoms with van der Waals surface area (Å²) in [6.45, 7) is 1.33. The highest BCUT2D eigenvalue weighted by Gasteiger charge is 2.24. The first-order chi connectivity index (χ1) is 15.2.